The molecule has 180 valence electrons. The average Bonchev–Trinajstić information content (AvgIpc) is 3.32. The van der Waals surface area contributed by atoms with E-state index in [1.807, 2.05) is 12.1 Å². The molecule has 1 aromatic rings. The van der Waals surface area contributed by atoms with E-state index in [1.54, 1.807) is 0 Å². The molecule has 1 aromatic carbocycles. The second-order valence-electron chi connectivity index (χ2n) is 9.70. The van der Waals surface area contributed by atoms with Crippen LogP contribution in [0.3, 0.4) is 0 Å². The lowest BCUT2D eigenvalue weighted by Gasteiger charge is -2.26. The van der Waals surface area contributed by atoms with Gasteiger partial charge in [0.05, 0.1) is 0 Å². The Hall–Kier alpha value is -2.23. The molecule has 33 heavy (non-hydrogen) atoms. The zero-order chi connectivity index (χ0) is 22.9. The molecule has 3 aliphatic rings. The van der Waals surface area contributed by atoms with E-state index in [9.17, 15) is 9.90 Å². The molecule has 1 atom stereocenters. The van der Waals surface area contributed by atoms with Crippen molar-refractivity contribution >= 4 is 5.91 Å². The van der Waals surface area contributed by atoms with Gasteiger partial charge in [-0.1, -0.05) is 18.4 Å². The molecule has 0 radical (unpaired) electrons. The summed E-state index contributed by atoms with van der Waals surface area (Å²) < 4.78 is 11.4. The SMILES string of the molecule is O=C(CCCC#CC1(O)CCCCC1)N[C@@H](Cc1ccc2c(c1)OCCO2)CN1CCCC1. The number of hydrogen-bond donors (Lipinski definition) is 2. The van der Waals surface area contributed by atoms with Crippen molar-refractivity contribution in [2.75, 3.05) is 32.8 Å². The molecule has 4 rings (SSSR count). The third-order valence-electron chi connectivity index (χ3n) is 6.84. The highest BCUT2D eigenvalue weighted by Gasteiger charge is 2.26. The summed E-state index contributed by atoms with van der Waals surface area (Å²) in [6, 6.07) is 6.15. The van der Waals surface area contributed by atoms with Gasteiger partial charge in [-0.2, -0.15) is 0 Å². The summed E-state index contributed by atoms with van der Waals surface area (Å²) in [4.78, 5) is 15.1. The average molecular weight is 455 g/mol. The van der Waals surface area contributed by atoms with Crippen LogP contribution in [0.2, 0.25) is 0 Å². The lowest BCUT2D eigenvalue weighted by molar-refractivity contribution is -0.122. The number of aliphatic hydroxyl groups is 1. The zero-order valence-corrected chi connectivity index (χ0v) is 19.7. The van der Waals surface area contributed by atoms with Crippen molar-refractivity contribution < 1.29 is 19.4 Å². The summed E-state index contributed by atoms with van der Waals surface area (Å²) in [5.74, 6) is 7.85. The molecule has 2 fully saturated rings. The molecule has 0 bridgehead atoms. The summed E-state index contributed by atoms with van der Waals surface area (Å²) in [5, 5.41) is 13.7. The van der Waals surface area contributed by atoms with Gasteiger partial charge in [0.25, 0.3) is 0 Å². The van der Waals surface area contributed by atoms with E-state index in [2.05, 4.69) is 28.1 Å². The third-order valence-corrected chi connectivity index (χ3v) is 6.84. The molecule has 2 aliphatic heterocycles. The first kappa shape index (κ1) is 23.9. The fourth-order valence-electron chi connectivity index (χ4n) is 5.06. The normalized spacial score (nSPS) is 20.5. The molecule has 6 heteroatoms. The molecule has 1 saturated heterocycles. The second-order valence-corrected chi connectivity index (χ2v) is 9.70. The fraction of sp³-hybridized carbons (Fsp3) is 0.667. The van der Waals surface area contributed by atoms with Gasteiger partial charge in [0.1, 0.15) is 18.8 Å². The van der Waals surface area contributed by atoms with Gasteiger partial charge >= 0.3 is 0 Å². The van der Waals surface area contributed by atoms with Crippen molar-refractivity contribution in [2.24, 2.45) is 0 Å². The van der Waals surface area contributed by atoms with Crippen LogP contribution in [-0.4, -0.2) is 60.4 Å². The summed E-state index contributed by atoms with van der Waals surface area (Å²) >= 11 is 0. The Bertz CT molecular complexity index is 847. The fourth-order valence-corrected chi connectivity index (χ4v) is 5.06. The van der Waals surface area contributed by atoms with Gasteiger partial charge in [-0.25, -0.2) is 0 Å². The minimum absolute atomic E-state index is 0.0622. The Labute approximate surface area is 198 Å². The minimum atomic E-state index is -0.801. The number of nitrogens with zero attached hydrogens (tertiary/aromatic N) is 1. The van der Waals surface area contributed by atoms with Crippen LogP contribution >= 0.6 is 0 Å². The molecule has 0 aromatic heterocycles. The van der Waals surface area contributed by atoms with Gasteiger partial charge in [0, 0.05) is 25.4 Å². The smallest absolute Gasteiger partial charge is 0.220 e. The molecule has 2 heterocycles. The van der Waals surface area contributed by atoms with Crippen molar-refractivity contribution in [3.8, 4) is 23.3 Å². The second kappa shape index (κ2) is 11.8. The lowest BCUT2D eigenvalue weighted by atomic mass is 9.85. The van der Waals surface area contributed by atoms with Crippen LogP contribution in [0, 0.1) is 11.8 Å². The highest BCUT2D eigenvalue weighted by Crippen LogP contribution is 2.31. The minimum Gasteiger partial charge on any atom is -0.486 e. The molecule has 1 aliphatic carbocycles. The maximum absolute atomic E-state index is 12.7. The molecule has 1 saturated carbocycles. The number of nitrogens with one attached hydrogen (secondary N) is 1. The van der Waals surface area contributed by atoms with Gasteiger partial charge in [0.2, 0.25) is 5.91 Å². The number of hydrogen-bond acceptors (Lipinski definition) is 5. The molecular weight excluding hydrogens is 416 g/mol. The number of ether oxygens (including phenoxy) is 2. The van der Waals surface area contributed by atoms with E-state index < -0.39 is 5.60 Å². The van der Waals surface area contributed by atoms with Crippen molar-refractivity contribution in [1.29, 1.82) is 0 Å². The monoisotopic (exact) mass is 454 g/mol. The van der Waals surface area contributed by atoms with Crippen LogP contribution in [0.4, 0.5) is 0 Å². The number of unbranched alkanes of at least 4 members (excludes halogenated alkanes) is 1. The van der Waals surface area contributed by atoms with E-state index >= 15 is 0 Å². The third kappa shape index (κ3) is 7.38. The predicted octanol–water partition coefficient (Wildman–Crippen LogP) is 3.45. The number of benzene rings is 1. The van der Waals surface area contributed by atoms with E-state index in [1.165, 1.54) is 19.3 Å². The van der Waals surface area contributed by atoms with Gasteiger partial charge < -0.3 is 24.8 Å². The van der Waals surface area contributed by atoms with Crippen molar-refractivity contribution in [1.82, 2.24) is 10.2 Å². The topological polar surface area (TPSA) is 71.0 Å². The number of likely N-dealkylation sites (tertiary alicyclic amines) is 1. The first-order valence-corrected chi connectivity index (χ1v) is 12.7. The maximum Gasteiger partial charge on any atom is 0.220 e. The Morgan fingerprint density at radius 1 is 1.09 bits per heavy atom. The Balaban J connectivity index is 1.28. The Kier molecular flexibility index (Phi) is 8.52. The van der Waals surface area contributed by atoms with E-state index in [0.717, 1.165) is 75.2 Å². The van der Waals surface area contributed by atoms with Crippen LogP contribution in [0.1, 0.15) is 69.8 Å². The number of rotatable bonds is 8. The van der Waals surface area contributed by atoms with E-state index in [0.29, 0.717) is 26.1 Å². The number of fused-ring (bicyclic) bond motifs is 1. The summed E-state index contributed by atoms with van der Waals surface area (Å²) in [7, 11) is 0. The van der Waals surface area contributed by atoms with Gasteiger partial charge in [-0.15, -0.1) is 5.92 Å². The maximum atomic E-state index is 12.7. The van der Waals surface area contributed by atoms with Gasteiger partial charge in [0.15, 0.2) is 11.5 Å². The molecule has 2 N–H and O–H groups in total. The van der Waals surface area contributed by atoms with Crippen LogP contribution in [0.15, 0.2) is 18.2 Å². The Morgan fingerprint density at radius 2 is 1.85 bits per heavy atom. The quantitative estimate of drug-likeness (QED) is 0.465. The van der Waals surface area contributed by atoms with Crippen molar-refractivity contribution in [3.63, 3.8) is 0 Å². The first-order valence-electron chi connectivity index (χ1n) is 12.7. The van der Waals surface area contributed by atoms with Crippen LogP contribution in [0.5, 0.6) is 11.5 Å². The zero-order valence-electron chi connectivity index (χ0n) is 19.7. The highest BCUT2D eigenvalue weighted by atomic mass is 16.6. The standard InChI is InChI=1S/C27H38N2O4/c30-26(9-3-1-4-12-27(31)13-5-2-6-14-27)28-23(21-29-15-7-8-16-29)19-22-10-11-24-25(20-22)33-18-17-32-24/h10-11,20,23,31H,1-3,5-9,13-19,21H2,(H,28,30)/t23-/m0/s1. The Morgan fingerprint density at radius 3 is 2.64 bits per heavy atom. The summed E-state index contributed by atoms with van der Waals surface area (Å²) in [5.41, 5.74) is 0.348. The molecular formula is C27H38N2O4. The molecule has 0 spiro atoms. The van der Waals surface area contributed by atoms with Crippen LogP contribution in [-0.2, 0) is 11.2 Å². The largest absolute Gasteiger partial charge is 0.486 e. The van der Waals surface area contributed by atoms with Crippen molar-refractivity contribution in [3.05, 3.63) is 23.8 Å². The van der Waals surface area contributed by atoms with Gasteiger partial charge in [-0.05, 0) is 82.2 Å². The lowest BCUT2D eigenvalue weighted by Crippen LogP contribution is -2.44. The van der Waals surface area contributed by atoms with E-state index in [4.69, 9.17) is 9.47 Å². The first-order chi connectivity index (χ1) is 16.1. The van der Waals surface area contributed by atoms with Gasteiger partial charge in [-0.3, -0.25) is 4.79 Å². The number of amides is 1. The highest BCUT2D eigenvalue weighted by molar-refractivity contribution is 5.76. The van der Waals surface area contributed by atoms with Crippen LogP contribution in [0.25, 0.3) is 0 Å². The number of carbonyl (C=O) groups is 1. The molecule has 6 nitrogen and oxygen atoms in total. The molecule has 0 unspecified atom stereocenters. The van der Waals surface area contributed by atoms with Crippen molar-refractivity contribution in [2.45, 2.75) is 82.3 Å². The summed E-state index contributed by atoms with van der Waals surface area (Å²) in [6.07, 6.45) is 9.91. The van der Waals surface area contributed by atoms with Crippen LogP contribution < -0.4 is 14.8 Å². The molecule has 1 amide bonds. The predicted molar refractivity (Wildman–Crippen MR) is 128 cm³/mol. The number of carbonyl (C=O) groups excluding carboxylic acids is 1. The van der Waals surface area contributed by atoms with E-state index in [-0.39, 0.29) is 11.9 Å². The summed E-state index contributed by atoms with van der Waals surface area (Å²) in [6.45, 7) is 4.24.